The molecule has 0 aliphatic rings. The molecule has 1 atom stereocenters. The summed E-state index contributed by atoms with van der Waals surface area (Å²) in [6.07, 6.45) is 3.63. The average molecular weight is 266 g/mol. The summed E-state index contributed by atoms with van der Waals surface area (Å²) in [5.74, 6) is 1.61. The molecule has 0 saturated carbocycles. The third-order valence-electron chi connectivity index (χ3n) is 2.74. The van der Waals surface area contributed by atoms with Gasteiger partial charge in [-0.25, -0.2) is 4.98 Å². The van der Waals surface area contributed by atoms with Crippen LogP contribution in [0.4, 0.5) is 0 Å². The first-order chi connectivity index (χ1) is 8.58. The minimum absolute atomic E-state index is 0.125. The molecule has 0 aliphatic carbocycles. The minimum atomic E-state index is -0.125. The van der Waals surface area contributed by atoms with Crippen LogP contribution in [0.2, 0.25) is 5.02 Å². The van der Waals surface area contributed by atoms with E-state index in [0.29, 0.717) is 11.6 Å². The number of halogens is 1. The van der Waals surface area contributed by atoms with E-state index in [4.69, 9.17) is 22.1 Å². The molecular formula is C13H16ClN3O. The van der Waals surface area contributed by atoms with Crippen molar-refractivity contribution in [1.29, 1.82) is 0 Å². The van der Waals surface area contributed by atoms with Gasteiger partial charge in [-0.1, -0.05) is 11.6 Å². The van der Waals surface area contributed by atoms with E-state index in [0.717, 1.165) is 17.1 Å². The molecule has 2 N–H and O–H groups in total. The molecule has 2 aromatic rings. The number of benzene rings is 1. The normalized spacial score (nSPS) is 12.4. The van der Waals surface area contributed by atoms with Crippen LogP contribution in [0.15, 0.2) is 30.6 Å². The maximum atomic E-state index is 5.96. The number of imidazole rings is 1. The average Bonchev–Trinajstić information content (AvgIpc) is 2.73. The van der Waals surface area contributed by atoms with E-state index in [1.54, 1.807) is 12.3 Å². The van der Waals surface area contributed by atoms with Crippen LogP contribution < -0.4 is 10.5 Å². The molecule has 1 unspecified atom stereocenters. The van der Waals surface area contributed by atoms with Crippen molar-refractivity contribution in [2.45, 2.75) is 19.6 Å². The van der Waals surface area contributed by atoms with E-state index in [9.17, 15) is 0 Å². The smallest absolute Gasteiger partial charge is 0.146 e. The standard InChI is InChI=1S/C13H16ClN3O/c1-9(15)11-7-10(14)3-4-12(11)18-8-13-16-5-6-17(13)2/h3-7,9H,8,15H2,1-2H3. The Hall–Kier alpha value is -1.52. The van der Waals surface area contributed by atoms with Crippen LogP contribution in [0.25, 0.3) is 0 Å². The van der Waals surface area contributed by atoms with Crippen LogP contribution in [-0.4, -0.2) is 9.55 Å². The summed E-state index contributed by atoms with van der Waals surface area (Å²) in [6, 6.07) is 5.34. The Morgan fingerprint density at radius 2 is 2.28 bits per heavy atom. The molecule has 0 spiro atoms. The largest absolute Gasteiger partial charge is 0.485 e. The fourth-order valence-electron chi connectivity index (χ4n) is 1.68. The monoisotopic (exact) mass is 265 g/mol. The second kappa shape index (κ2) is 5.42. The van der Waals surface area contributed by atoms with Crippen LogP contribution >= 0.6 is 11.6 Å². The quantitative estimate of drug-likeness (QED) is 0.925. The number of ether oxygens (including phenoxy) is 1. The maximum Gasteiger partial charge on any atom is 0.146 e. The summed E-state index contributed by atoms with van der Waals surface area (Å²) in [7, 11) is 1.93. The van der Waals surface area contributed by atoms with Crippen molar-refractivity contribution in [1.82, 2.24) is 9.55 Å². The van der Waals surface area contributed by atoms with Gasteiger partial charge in [0.15, 0.2) is 0 Å². The fourth-order valence-corrected chi connectivity index (χ4v) is 1.87. The fraction of sp³-hybridized carbons (Fsp3) is 0.308. The molecule has 2 rings (SSSR count). The van der Waals surface area contributed by atoms with Crippen molar-refractivity contribution in [3.8, 4) is 5.75 Å². The zero-order valence-electron chi connectivity index (χ0n) is 10.4. The van der Waals surface area contributed by atoms with Gasteiger partial charge < -0.3 is 15.0 Å². The number of nitrogens with zero attached hydrogens (tertiary/aromatic N) is 2. The molecule has 5 heteroatoms. The van der Waals surface area contributed by atoms with Crippen LogP contribution in [0, 0.1) is 0 Å². The number of hydrogen-bond acceptors (Lipinski definition) is 3. The lowest BCUT2D eigenvalue weighted by Crippen LogP contribution is -2.09. The third kappa shape index (κ3) is 2.83. The van der Waals surface area contributed by atoms with E-state index >= 15 is 0 Å². The number of aromatic nitrogens is 2. The molecule has 1 aromatic heterocycles. The topological polar surface area (TPSA) is 53.1 Å². The van der Waals surface area contributed by atoms with Gasteiger partial charge in [0.05, 0.1) is 0 Å². The predicted molar refractivity (Wildman–Crippen MR) is 71.6 cm³/mol. The van der Waals surface area contributed by atoms with Gasteiger partial charge in [0.25, 0.3) is 0 Å². The van der Waals surface area contributed by atoms with E-state index in [-0.39, 0.29) is 6.04 Å². The highest BCUT2D eigenvalue weighted by atomic mass is 35.5. The highest BCUT2D eigenvalue weighted by Gasteiger charge is 2.10. The Labute approximate surface area is 111 Å². The van der Waals surface area contributed by atoms with Crippen molar-refractivity contribution in [2.24, 2.45) is 12.8 Å². The number of nitrogens with two attached hydrogens (primary N) is 1. The highest BCUT2D eigenvalue weighted by Crippen LogP contribution is 2.27. The van der Waals surface area contributed by atoms with E-state index < -0.39 is 0 Å². The summed E-state index contributed by atoms with van der Waals surface area (Å²) in [5.41, 5.74) is 6.80. The van der Waals surface area contributed by atoms with Crippen molar-refractivity contribution in [3.63, 3.8) is 0 Å². The maximum absolute atomic E-state index is 5.96. The lowest BCUT2D eigenvalue weighted by molar-refractivity contribution is 0.287. The number of rotatable bonds is 4. The van der Waals surface area contributed by atoms with Crippen LogP contribution in [0.5, 0.6) is 5.75 Å². The van der Waals surface area contributed by atoms with E-state index in [1.807, 2.05) is 36.9 Å². The molecular weight excluding hydrogens is 250 g/mol. The zero-order chi connectivity index (χ0) is 13.1. The molecule has 0 bridgehead atoms. The summed E-state index contributed by atoms with van der Waals surface area (Å²) in [6.45, 7) is 2.31. The Morgan fingerprint density at radius 3 is 2.89 bits per heavy atom. The van der Waals surface area contributed by atoms with Crippen LogP contribution in [0.3, 0.4) is 0 Å². The van der Waals surface area contributed by atoms with Gasteiger partial charge in [-0.3, -0.25) is 0 Å². The SMILES string of the molecule is CC(N)c1cc(Cl)ccc1OCc1nccn1C. The first kappa shape index (κ1) is 12.9. The van der Waals surface area contributed by atoms with Gasteiger partial charge in [-0.2, -0.15) is 0 Å². The molecule has 0 saturated heterocycles. The number of hydrogen-bond donors (Lipinski definition) is 1. The Balaban J connectivity index is 2.16. The Morgan fingerprint density at radius 1 is 1.50 bits per heavy atom. The predicted octanol–water partition coefficient (Wildman–Crippen LogP) is 2.67. The van der Waals surface area contributed by atoms with Gasteiger partial charge in [-0.15, -0.1) is 0 Å². The number of aryl methyl sites for hydroxylation is 1. The van der Waals surface area contributed by atoms with E-state index in [1.165, 1.54) is 0 Å². The van der Waals surface area contributed by atoms with Crippen molar-refractivity contribution in [3.05, 3.63) is 47.0 Å². The van der Waals surface area contributed by atoms with Gasteiger partial charge in [-0.05, 0) is 25.1 Å². The summed E-state index contributed by atoms with van der Waals surface area (Å²) < 4.78 is 7.67. The Kier molecular flexibility index (Phi) is 3.89. The summed E-state index contributed by atoms with van der Waals surface area (Å²) >= 11 is 5.96. The van der Waals surface area contributed by atoms with Gasteiger partial charge in [0.1, 0.15) is 18.2 Å². The van der Waals surface area contributed by atoms with Gasteiger partial charge in [0, 0.05) is 36.1 Å². The molecule has 1 aromatic carbocycles. The lowest BCUT2D eigenvalue weighted by atomic mass is 10.1. The zero-order valence-corrected chi connectivity index (χ0v) is 11.2. The van der Waals surface area contributed by atoms with Crippen LogP contribution in [0.1, 0.15) is 24.4 Å². The molecule has 0 fully saturated rings. The first-order valence-corrected chi connectivity index (χ1v) is 6.09. The molecule has 96 valence electrons. The van der Waals surface area contributed by atoms with Crippen molar-refractivity contribution in [2.75, 3.05) is 0 Å². The second-order valence-electron chi connectivity index (χ2n) is 4.21. The van der Waals surface area contributed by atoms with Gasteiger partial charge in [0.2, 0.25) is 0 Å². The highest BCUT2D eigenvalue weighted by molar-refractivity contribution is 6.30. The van der Waals surface area contributed by atoms with E-state index in [2.05, 4.69) is 4.98 Å². The molecule has 1 heterocycles. The first-order valence-electron chi connectivity index (χ1n) is 5.72. The summed E-state index contributed by atoms with van der Waals surface area (Å²) in [4.78, 5) is 4.20. The minimum Gasteiger partial charge on any atom is -0.485 e. The van der Waals surface area contributed by atoms with Crippen LogP contribution in [-0.2, 0) is 13.7 Å². The molecule has 0 radical (unpaired) electrons. The molecule has 0 amide bonds. The summed E-state index contributed by atoms with van der Waals surface area (Å²) in [5, 5.41) is 0.659. The van der Waals surface area contributed by atoms with Crippen molar-refractivity contribution < 1.29 is 4.74 Å². The molecule has 4 nitrogen and oxygen atoms in total. The molecule has 18 heavy (non-hydrogen) atoms. The molecule has 0 aliphatic heterocycles. The second-order valence-corrected chi connectivity index (χ2v) is 4.65. The Bertz CT molecular complexity index is 537. The third-order valence-corrected chi connectivity index (χ3v) is 2.98. The lowest BCUT2D eigenvalue weighted by Gasteiger charge is -2.14. The van der Waals surface area contributed by atoms with Gasteiger partial charge >= 0.3 is 0 Å². The van der Waals surface area contributed by atoms with Crippen molar-refractivity contribution >= 4 is 11.6 Å².